The van der Waals surface area contributed by atoms with Crippen LogP contribution in [0.25, 0.3) is 0 Å². The fourth-order valence-corrected chi connectivity index (χ4v) is 2.75. The lowest BCUT2D eigenvalue weighted by Crippen LogP contribution is -2.22. The van der Waals surface area contributed by atoms with Crippen LogP contribution in [-0.4, -0.2) is 19.3 Å². The molecule has 1 fully saturated rings. The number of ether oxygens (including phenoxy) is 2. The Morgan fingerprint density at radius 1 is 1.15 bits per heavy atom. The van der Waals surface area contributed by atoms with Gasteiger partial charge in [-0.05, 0) is 36.5 Å². The molecule has 2 atom stereocenters. The third kappa shape index (κ3) is 5.14. The predicted molar refractivity (Wildman–Crippen MR) is 81.8 cm³/mol. The van der Waals surface area contributed by atoms with E-state index in [9.17, 15) is 0 Å². The zero-order chi connectivity index (χ0) is 14.2. The molecule has 0 radical (unpaired) electrons. The van der Waals surface area contributed by atoms with E-state index in [0.29, 0.717) is 19.3 Å². The van der Waals surface area contributed by atoms with Gasteiger partial charge in [-0.3, -0.25) is 0 Å². The van der Waals surface area contributed by atoms with Crippen LogP contribution in [-0.2, 0) is 11.3 Å². The molecule has 0 saturated heterocycles. The molecule has 2 unspecified atom stereocenters. The van der Waals surface area contributed by atoms with Gasteiger partial charge >= 0.3 is 0 Å². The molecular formula is C17H27NO2. The predicted octanol–water partition coefficient (Wildman–Crippen LogP) is 3.51. The van der Waals surface area contributed by atoms with Crippen LogP contribution < -0.4 is 10.5 Å². The van der Waals surface area contributed by atoms with Gasteiger partial charge in [0.2, 0.25) is 0 Å². The lowest BCUT2D eigenvalue weighted by atomic mass is 9.89. The minimum Gasteiger partial charge on any atom is -0.494 e. The molecule has 1 saturated carbocycles. The Hall–Kier alpha value is -1.06. The molecule has 1 aliphatic carbocycles. The number of hydrogen-bond donors (Lipinski definition) is 1. The maximum absolute atomic E-state index is 5.93. The Bertz CT molecular complexity index is 377. The Labute approximate surface area is 122 Å². The summed E-state index contributed by atoms with van der Waals surface area (Å²) >= 11 is 0. The first-order valence-corrected chi connectivity index (χ1v) is 7.81. The Morgan fingerprint density at radius 3 is 2.65 bits per heavy atom. The first kappa shape index (κ1) is 15.3. The summed E-state index contributed by atoms with van der Waals surface area (Å²) in [5, 5.41) is 0. The van der Waals surface area contributed by atoms with Crippen LogP contribution in [0.15, 0.2) is 24.3 Å². The first-order chi connectivity index (χ1) is 9.78. The topological polar surface area (TPSA) is 44.5 Å². The largest absolute Gasteiger partial charge is 0.494 e. The van der Waals surface area contributed by atoms with Crippen molar-refractivity contribution in [3.05, 3.63) is 29.8 Å². The van der Waals surface area contributed by atoms with E-state index >= 15 is 0 Å². The van der Waals surface area contributed by atoms with E-state index in [2.05, 4.69) is 6.92 Å². The zero-order valence-electron chi connectivity index (χ0n) is 12.5. The summed E-state index contributed by atoms with van der Waals surface area (Å²) in [6.07, 6.45) is 6.55. The highest BCUT2D eigenvalue weighted by atomic mass is 16.5. The second-order valence-electron chi connectivity index (χ2n) is 5.81. The van der Waals surface area contributed by atoms with Crippen molar-refractivity contribution in [3.63, 3.8) is 0 Å². The summed E-state index contributed by atoms with van der Waals surface area (Å²) in [4.78, 5) is 0. The monoisotopic (exact) mass is 277 g/mol. The molecule has 0 amide bonds. The highest BCUT2D eigenvalue weighted by molar-refractivity contribution is 5.26. The van der Waals surface area contributed by atoms with Gasteiger partial charge in [-0.2, -0.15) is 0 Å². The van der Waals surface area contributed by atoms with Crippen LogP contribution in [0.2, 0.25) is 0 Å². The van der Waals surface area contributed by atoms with Crippen molar-refractivity contribution in [2.75, 3.05) is 13.2 Å². The quantitative estimate of drug-likeness (QED) is 0.776. The fourth-order valence-electron chi connectivity index (χ4n) is 2.75. The molecule has 0 spiro atoms. The summed E-state index contributed by atoms with van der Waals surface area (Å²) in [6.45, 7) is 4.42. The number of benzene rings is 1. The summed E-state index contributed by atoms with van der Waals surface area (Å²) in [5.41, 5.74) is 6.69. The lowest BCUT2D eigenvalue weighted by molar-refractivity contribution is 0.0106. The van der Waals surface area contributed by atoms with Gasteiger partial charge in [0.1, 0.15) is 5.75 Å². The molecule has 3 nitrogen and oxygen atoms in total. The molecule has 0 aliphatic heterocycles. The summed E-state index contributed by atoms with van der Waals surface area (Å²) in [7, 11) is 0. The zero-order valence-corrected chi connectivity index (χ0v) is 12.5. The van der Waals surface area contributed by atoms with Crippen LogP contribution in [0.3, 0.4) is 0 Å². The van der Waals surface area contributed by atoms with Crippen molar-refractivity contribution in [3.8, 4) is 5.75 Å². The SMILES string of the molecule is CC1CCCC(OCCCOc2ccc(CN)cc2)C1. The average Bonchev–Trinajstić information content (AvgIpc) is 2.48. The van der Waals surface area contributed by atoms with Crippen molar-refractivity contribution in [2.24, 2.45) is 11.7 Å². The van der Waals surface area contributed by atoms with Crippen LogP contribution in [0.4, 0.5) is 0 Å². The number of rotatable bonds is 7. The van der Waals surface area contributed by atoms with Gasteiger partial charge in [0, 0.05) is 13.0 Å². The second-order valence-corrected chi connectivity index (χ2v) is 5.81. The van der Waals surface area contributed by atoms with Crippen LogP contribution in [0.1, 0.15) is 44.6 Å². The molecule has 3 heteroatoms. The molecular weight excluding hydrogens is 250 g/mol. The number of nitrogens with two attached hydrogens (primary N) is 1. The van der Waals surface area contributed by atoms with Crippen molar-refractivity contribution >= 4 is 0 Å². The molecule has 0 heterocycles. The molecule has 0 bridgehead atoms. The molecule has 2 rings (SSSR count). The molecule has 20 heavy (non-hydrogen) atoms. The van der Waals surface area contributed by atoms with E-state index < -0.39 is 0 Å². The van der Waals surface area contributed by atoms with Gasteiger partial charge in [0.25, 0.3) is 0 Å². The Kier molecular flexibility index (Phi) is 6.34. The highest BCUT2D eigenvalue weighted by Crippen LogP contribution is 2.25. The van der Waals surface area contributed by atoms with Crippen molar-refractivity contribution < 1.29 is 9.47 Å². The van der Waals surface area contributed by atoms with Crippen molar-refractivity contribution in [2.45, 2.75) is 51.7 Å². The molecule has 1 aliphatic rings. The van der Waals surface area contributed by atoms with Gasteiger partial charge in [-0.25, -0.2) is 0 Å². The normalized spacial score (nSPS) is 22.7. The molecule has 0 aromatic heterocycles. The maximum atomic E-state index is 5.93. The van der Waals surface area contributed by atoms with E-state index in [-0.39, 0.29) is 0 Å². The minimum absolute atomic E-state index is 0.475. The second kappa shape index (κ2) is 8.28. The minimum atomic E-state index is 0.475. The summed E-state index contributed by atoms with van der Waals surface area (Å²) in [6, 6.07) is 7.97. The standard InChI is InChI=1S/C17H27NO2/c1-14-4-2-5-17(12-14)20-11-3-10-19-16-8-6-15(13-18)7-9-16/h6-9,14,17H,2-5,10-13,18H2,1H3. The highest BCUT2D eigenvalue weighted by Gasteiger charge is 2.18. The van der Waals surface area contributed by atoms with Crippen molar-refractivity contribution in [1.29, 1.82) is 0 Å². The van der Waals surface area contributed by atoms with E-state index in [1.165, 1.54) is 25.7 Å². The summed E-state index contributed by atoms with van der Waals surface area (Å²) < 4.78 is 11.6. The molecule has 1 aromatic rings. The van der Waals surface area contributed by atoms with E-state index in [0.717, 1.165) is 30.3 Å². The van der Waals surface area contributed by atoms with Gasteiger partial charge in [0.05, 0.1) is 19.3 Å². The first-order valence-electron chi connectivity index (χ1n) is 7.81. The third-order valence-electron chi connectivity index (χ3n) is 3.96. The van der Waals surface area contributed by atoms with Crippen LogP contribution in [0.5, 0.6) is 5.75 Å². The van der Waals surface area contributed by atoms with Gasteiger partial charge in [-0.15, -0.1) is 0 Å². The molecule has 2 N–H and O–H groups in total. The van der Waals surface area contributed by atoms with Crippen molar-refractivity contribution in [1.82, 2.24) is 0 Å². The average molecular weight is 277 g/mol. The van der Waals surface area contributed by atoms with Gasteiger partial charge in [0.15, 0.2) is 0 Å². The Morgan fingerprint density at radius 2 is 1.95 bits per heavy atom. The molecule has 112 valence electrons. The van der Waals surface area contributed by atoms with Gasteiger partial charge in [-0.1, -0.05) is 31.9 Å². The van der Waals surface area contributed by atoms with Crippen LogP contribution >= 0.6 is 0 Å². The number of hydrogen-bond acceptors (Lipinski definition) is 3. The maximum Gasteiger partial charge on any atom is 0.119 e. The van der Waals surface area contributed by atoms with E-state index in [1.807, 2.05) is 24.3 Å². The smallest absolute Gasteiger partial charge is 0.119 e. The molecule has 1 aromatic carbocycles. The van der Waals surface area contributed by atoms with E-state index in [1.54, 1.807) is 0 Å². The van der Waals surface area contributed by atoms with E-state index in [4.69, 9.17) is 15.2 Å². The lowest BCUT2D eigenvalue weighted by Gasteiger charge is -2.26. The summed E-state index contributed by atoms with van der Waals surface area (Å²) in [5.74, 6) is 1.74. The Balaban J connectivity index is 1.56. The fraction of sp³-hybridized carbons (Fsp3) is 0.647. The third-order valence-corrected chi connectivity index (χ3v) is 3.96. The van der Waals surface area contributed by atoms with Gasteiger partial charge < -0.3 is 15.2 Å². The van der Waals surface area contributed by atoms with Crippen LogP contribution in [0, 0.1) is 5.92 Å².